The second-order valence-electron chi connectivity index (χ2n) is 3.76. The molecule has 0 fully saturated rings. The third-order valence-corrected chi connectivity index (χ3v) is 1.94. The van der Waals surface area contributed by atoms with Gasteiger partial charge < -0.3 is 19.1 Å². The third-order valence-electron chi connectivity index (χ3n) is 1.94. The van der Waals surface area contributed by atoms with E-state index in [4.69, 9.17) is 14.2 Å². The molecule has 1 amide bonds. The minimum absolute atomic E-state index is 0.0972. The summed E-state index contributed by atoms with van der Waals surface area (Å²) >= 11 is 0. The Bertz CT molecular complexity index is 185. The molecule has 0 spiro atoms. The lowest BCUT2D eigenvalue weighted by Gasteiger charge is -2.22. The zero-order chi connectivity index (χ0) is 12.4. The highest BCUT2D eigenvalue weighted by Gasteiger charge is 2.15. The van der Waals surface area contributed by atoms with Gasteiger partial charge in [-0.3, -0.25) is 0 Å². The number of hydrogen-bond acceptors (Lipinski definition) is 4. The molecule has 0 aromatic heterocycles. The van der Waals surface area contributed by atoms with Crippen LogP contribution in [-0.4, -0.2) is 57.6 Å². The number of carbonyl (C=O) groups is 1. The molecule has 0 heterocycles. The molecule has 0 aliphatic carbocycles. The Morgan fingerprint density at radius 2 is 1.75 bits per heavy atom. The Hall–Kier alpha value is -0.810. The Kier molecular flexibility index (Phi) is 8.94. The normalized spacial score (nSPS) is 10.6. The summed E-state index contributed by atoms with van der Waals surface area (Å²) < 4.78 is 15.0. The quantitative estimate of drug-likeness (QED) is 0.596. The highest BCUT2D eigenvalue weighted by molar-refractivity contribution is 5.67. The second kappa shape index (κ2) is 9.42. The molecule has 0 rings (SSSR count). The largest absolute Gasteiger partial charge is 0.447 e. The molecule has 16 heavy (non-hydrogen) atoms. The summed E-state index contributed by atoms with van der Waals surface area (Å²) in [5.74, 6) is 0. The minimum Gasteiger partial charge on any atom is -0.447 e. The number of amides is 1. The maximum absolute atomic E-state index is 11.7. The van der Waals surface area contributed by atoms with Crippen LogP contribution in [-0.2, 0) is 14.2 Å². The van der Waals surface area contributed by atoms with E-state index in [1.165, 1.54) is 0 Å². The molecule has 0 aromatic carbocycles. The van der Waals surface area contributed by atoms with Crippen molar-refractivity contribution in [1.29, 1.82) is 0 Å². The first-order valence-electron chi connectivity index (χ1n) is 5.55. The molecule has 0 radical (unpaired) electrons. The van der Waals surface area contributed by atoms with Gasteiger partial charge in [-0.15, -0.1) is 0 Å². The Labute approximate surface area is 97.7 Å². The molecular formula is C11H23NO4. The van der Waals surface area contributed by atoms with Gasteiger partial charge >= 0.3 is 6.09 Å². The van der Waals surface area contributed by atoms with Crippen molar-refractivity contribution in [3.05, 3.63) is 0 Å². The average molecular weight is 233 g/mol. The summed E-state index contributed by atoms with van der Waals surface area (Å²) in [7, 11) is 3.26. The van der Waals surface area contributed by atoms with Gasteiger partial charge in [0, 0.05) is 33.9 Å². The molecule has 0 bridgehead atoms. The lowest BCUT2D eigenvalue weighted by molar-refractivity contribution is 0.0631. The Balaban J connectivity index is 4.01. The van der Waals surface area contributed by atoms with Crippen molar-refractivity contribution in [3.8, 4) is 0 Å². The summed E-state index contributed by atoms with van der Waals surface area (Å²) in [4.78, 5) is 13.3. The first-order valence-corrected chi connectivity index (χ1v) is 5.55. The molecule has 0 unspecified atom stereocenters. The highest BCUT2D eigenvalue weighted by Crippen LogP contribution is 2.00. The van der Waals surface area contributed by atoms with Crippen LogP contribution in [0.2, 0.25) is 0 Å². The molecule has 5 heteroatoms. The fourth-order valence-electron chi connectivity index (χ4n) is 1.17. The van der Waals surface area contributed by atoms with Gasteiger partial charge in [-0.25, -0.2) is 4.79 Å². The molecule has 96 valence electrons. The predicted octanol–water partition coefficient (Wildman–Crippen LogP) is 1.52. The van der Waals surface area contributed by atoms with E-state index in [1.807, 2.05) is 13.8 Å². The monoisotopic (exact) mass is 233 g/mol. The number of ether oxygens (including phenoxy) is 3. The van der Waals surface area contributed by atoms with Crippen molar-refractivity contribution in [1.82, 2.24) is 4.90 Å². The highest BCUT2D eigenvalue weighted by atomic mass is 16.6. The van der Waals surface area contributed by atoms with Crippen molar-refractivity contribution in [2.75, 3.05) is 40.5 Å². The van der Waals surface area contributed by atoms with Crippen molar-refractivity contribution in [3.63, 3.8) is 0 Å². The van der Waals surface area contributed by atoms with Gasteiger partial charge in [-0.2, -0.15) is 0 Å². The SMILES string of the molecule is COCCCN(CCOC)C(=O)OC(C)C. The zero-order valence-corrected chi connectivity index (χ0v) is 10.7. The second-order valence-corrected chi connectivity index (χ2v) is 3.76. The first kappa shape index (κ1) is 15.2. The van der Waals surface area contributed by atoms with E-state index in [0.29, 0.717) is 26.3 Å². The van der Waals surface area contributed by atoms with Crippen molar-refractivity contribution in [2.45, 2.75) is 26.4 Å². The van der Waals surface area contributed by atoms with Gasteiger partial charge in [0.05, 0.1) is 12.7 Å². The lowest BCUT2D eigenvalue weighted by Crippen LogP contribution is -2.36. The van der Waals surface area contributed by atoms with Crippen LogP contribution in [0.1, 0.15) is 20.3 Å². The van der Waals surface area contributed by atoms with Gasteiger partial charge in [-0.1, -0.05) is 0 Å². The first-order chi connectivity index (χ1) is 7.61. The summed E-state index contributed by atoms with van der Waals surface area (Å²) in [5, 5.41) is 0. The Morgan fingerprint density at radius 3 is 2.25 bits per heavy atom. The molecule has 0 saturated heterocycles. The molecule has 5 nitrogen and oxygen atoms in total. The van der Waals surface area contributed by atoms with E-state index < -0.39 is 0 Å². The van der Waals surface area contributed by atoms with Gasteiger partial charge in [-0.05, 0) is 20.3 Å². The van der Waals surface area contributed by atoms with Gasteiger partial charge in [0.25, 0.3) is 0 Å². The van der Waals surface area contributed by atoms with Crippen LogP contribution in [0, 0.1) is 0 Å². The van der Waals surface area contributed by atoms with Crippen LogP contribution in [0.15, 0.2) is 0 Å². The summed E-state index contributed by atoms with van der Waals surface area (Å²) in [5.41, 5.74) is 0. The fourth-order valence-corrected chi connectivity index (χ4v) is 1.17. The smallest absolute Gasteiger partial charge is 0.410 e. The molecule has 0 saturated carbocycles. The van der Waals surface area contributed by atoms with Crippen LogP contribution < -0.4 is 0 Å². The van der Waals surface area contributed by atoms with E-state index in [1.54, 1.807) is 19.1 Å². The summed E-state index contributed by atoms with van der Waals surface area (Å²) in [6, 6.07) is 0. The molecule has 0 N–H and O–H groups in total. The standard InChI is InChI=1S/C11H23NO4/c1-10(2)16-11(13)12(7-9-15-4)6-5-8-14-3/h10H,5-9H2,1-4H3. The molecule has 0 atom stereocenters. The minimum atomic E-state index is -0.289. The lowest BCUT2D eigenvalue weighted by atomic mass is 10.4. The van der Waals surface area contributed by atoms with Gasteiger partial charge in [0.15, 0.2) is 0 Å². The van der Waals surface area contributed by atoms with E-state index >= 15 is 0 Å². The molecule has 0 aromatic rings. The number of hydrogen-bond donors (Lipinski definition) is 0. The molecule has 0 aliphatic rings. The van der Waals surface area contributed by atoms with Crippen LogP contribution >= 0.6 is 0 Å². The number of methoxy groups -OCH3 is 2. The van der Waals surface area contributed by atoms with Crippen molar-refractivity contribution in [2.24, 2.45) is 0 Å². The van der Waals surface area contributed by atoms with E-state index in [-0.39, 0.29) is 12.2 Å². The van der Waals surface area contributed by atoms with Crippen LogP contribution in [0.4, 0.5) is 4.79 Å². The fraction of sp³-hybridized carbons (Fsp3) is 0.909. The van der Waals surface area contributed by atoms with Crippen LogP contribution in [0.3, 0.4) is 0 Å². The summed E-state index contributed by atoms with van der Waals surface area (Å²) in [6.07, 6.45) is 0.413. The zero-order valence-electron chi connectivity index (χ0n) is 10.7. The van der Waals surface area contributed by atoms with E-state index in [9.17, 15) is 4.79 Å². The number of rotatable bonds is 8. The van der Waals surface area contributed by atoms with E-state index in [0.717, 1.165) is 6.42 Å². The van der Waals surface area contributed by atoms with Crippen LogP contribution in [0.5, 0.6) is 0 Å². The topological polar surface area (TPSA) is 48.0 Å². The Morgan fingerprint density at radius 1 is 1.12 bits per heavy atom. The predicted molar refractivity (Wildman–Crippen MR) is 61.6 cm³/mol. The van der Waals surface area contributed by atoms with Gasteiger partial charge in [0.2, 0.25) is 0 Å². The number of carbonyl (C=O) groups excluding carboxylic acids is 1. The average Bonchev–Trinajstić information content (AvgIpc) is 2.22. The van der Waals surface area contributed by atoms with Gasteiger partial charge in [0.1, 0.15) is 0 Å². The molecule has 0 aliphatic heterocycles. The molecular weight excluding hydrogens is 210 g/mol. The maximum Gasteiger partial charge on any atom is 0.410 e. The summed E-state index contributed by atoms with van der Waals surface area (Å²) in [6.45, 7) is 6.00. The van der Waals surface area contributed by atoms with Crippen molar-refractivity contribution < 1.29 is 19.0 Å². The maximum atomic E-state index is 11.7. The third kappa shape index (κ3) is 7.48. The van der Waals surface area contributed by atoms with E-state index in [2.05, 4.69) is 0 Å². The van der Waals surface area contributed by atoms with Crippen molar-refractivity contribution >= 4 is 6.09 Å². The number of nitrogens with zero attached hydrogens (tertiary/aromatic N) is 1. The van der Waals surface area contributed by atoms with Crippen LogP contribution in [0.25, 0.3) is 0 Å².